The summed E-state index contributed by atoms with van der Waals surface area (Å²) in [7, 11) is 0. The van der Waals surface area contributed by atoms with E-state index < -0.39 is 0 Å². The summed E-state index contributed by atoms with van der Waals surface area (Å²) in [4.78, 5) is 6.97. The molecule has 1 N–H and O–H groups in total. The van der Waals surface area contributed by atoms with Crippen molar-refractivity contribution in [2.24, 2.45) is 0 Å². The minimum Gasteiger partial charge on any atom is -0.351 e. The number of thiocarbonyl (C=S) groups is 1. The maximum absolute atomic E-state index is 5.92. The highest BCUT2D eigenvalue weighted by Gasteiger charge is 2.42. The molecule has 172 valence electrons. The summed E-state index contributed by atoms with van der Waals surface area (Å²) in [5.74, 6) is 0. The third-order valence-electron chi connectivity index (χ3n) is 6.83. The number of benzene rings is 2. The SMILES string of the molecule is Cc1cccc(N2C(=S)N[C@H](c3ccccn3)[C@H]2c2cc(C)n(-c3c(C)cccc3C)c2C)c1. The number of nitrogens with zero attached hydrogens (tertiary/aromatic N) is 3. The molecule has 2 aromatic heterocycles. The van der Waals surface area contributed by atoms with Gasteiger partial charge in [-0.1, -0.05) is 36.4 Å². The average Bonchev–Trinajstić information content (AvgIpc) is 3.30. The summed E-state index contributed by atoms with van der Waals surface area (Å²) >= 11 is 5.92. The first kappa shape index (κ1) is 22.4. The molecule has 34 heavy (non-hydrogen) atoms. The highest BCUT2D eigenvalue weighted by molar-refractivity contribution is 7.80. The molecule has 5 rings (SSSR count). The second-order valence-corrected chi connectivity index (χ2v) is 9.62. The first-order chi connectivity index (χ1) is 16.4. The summed E-state index contributed by atoms with van der Waals surface area (Å²) in [5, 5.41) is 4.32. The number of nitrogens with one attached hydrogen (secondary N) is 1. The second-order valence-electron chi connectivity index (χ2n) is 9.24. The fourth-order valence-corrected chi connectivity index (χ4v) is 5.66. The van der Waals surface area contributed by atoms with Crippen molar-refractivity contribution in [3.63, 3.8) is 0 Å². The zero-order valence-corrected chi connectivity index (χ0v) is 21.1. The van der Waals surface area contributed by atoms with Gasteiger partial charge in [0.05, 0.1) is 23.5 Å². The first-order valence-electron chi connectivity index (χ1n) is 11.7. The van der Waals surface area contributed by atoms with E-state index in [2.05, 4.69) is 104 Å². The molecule has 5 heteroatoms. The van der Waals surface area contributed by atoms with Gasteiger partial charge in [0.25, 0.3) is 0 Å². The fourth-order valence-electron chi connectivity index (χ4n) is 5.32. The number of hydrogen-bond donors (Lipinski definition) is 1. The van der Waals surface area contributed by atoms with Gasteiger partial charge in [-0.05, 0) is 99.4 Å². The van der Waals surface area contributed by atoms with Crippen LogP contribution in [0.5, 0.6) is 0 Å². The molecule has 2 atom stereocenters. The molecule has 4 nitrogen and oxygen atoms in total. The molecule has 4 aromatic rings. The largest absolute Gasteiger partial charge is 0.351 e. The Kier molecular flexibility index (Phi) is 5.74. The number of pyridine rings is 1. The minimum absolute atomic E-state index is 0.0199. The standard InChI is InChI=1S/C29H30N4S/c1-18-10-8-13-23(16-18)33-28(26(31-29(33)34)25-14-6-7-15-30-25)24-17-21(4)32(22(24)5)27-19(2)11-9-12-20(27)3/h6-17,26,28H,1-5H3,(H,31,34)/t26-,28-/m1/s1. The number of aromatic nitrogens is 2. The van der Waals surface area contributed by atoms with Crippen LogP contribution < -0.4 is 10.2 Å². The molecule has 0 bridgehead atoms. The predicted molar refractivity (Wildman–Crippen MR) is 144 cm³/mol. The second kappa shape index (κ2) is 8.73. The van der Waals surface area contributed by atoms with E-state index in [0.717, 1.165) is 16.5 Å². The molecule has 0 saturated carbocycles. The lowest BCUT2D eigenvalue weighted by Gasteiger charge is -2.28. The molecule has 2 aromatic carbocycles. The Morgan fingerprint density at radius 3 is 2.26 bits per heavy atom. The molecule has 1 saturated heterocycles. The third-order valence-corrected chi connectivity index (χ3v) is 7.14. The van der Waals surface area contributed by atoms with E-state index in [4.69, 9.17) is 17.2 Å². The van der Waals surface area contributed by atoms with Crippen molar-refractivity contribution in [3.05, 3.63) is 112 Å². The predicted octanol–water partition coefficient (Wildman–Crippen LogP) is 6.59. The van der Waals surface area contributed by atoms with Crippen molar-refractivity contribution in [2.45, 2.75) is 46.7 Å². The maximum Gasteiger partial charge on any atom is 0.174 e. The van der Waals surface area contributed by atoms with E-state index in [1.54, 1.807) is 0 Å². The molecule has 1 aliphatic heterocycles. The van der Waals surface area contributed by atoms with Crippen LogP contribution in [0.2, 0.25) is 0 Å². The quantitative estimate of drug-likeness (QED) is 0.344. The topological polar surface area (TPSA) is 33.1 Å². The molecule has 1 fully saturated rings. The van der Waals surface area contributed by atoms with Crippen molar-refractivity contribution in [1.29, 1.82) is 0 Å². The fraction of sp³-hybridized carbons (Fsp3) is 0.241. The number of rotatable bonds is 4. The molecule has 0 radical (unpaired) electrons. The van der Waals surface area contributed by atoms with Gasteiger partial charge in [0, 0.05) is 23.3 Å². The van der Waals surface area contributed by atoms with Crippen molar-refractivity contribution < 1.29 is 0 Å². The van der Waals surface area contributed by atoms with E-state index in [1.165, 1.54) is 39.3 Å². The van der Waals surface area contributed by atoms with E-state index in [-0.39, 0.29) is 12.1 Å². The highest BCUT2D eigenvalue weighted by atomic mass is 32.1. The molecule has 0 aliphatic carbocycles. The minimum atomic E-state index is -0.0545. The average molecular weight is 467 g/mol. The van der Waals surface area contributed by atoms with Crippen LogP contribution in [0.4, 0.5) is 5.69 Å². The number of anilines is 1. The van der Waals surface area contributed by atoms with E-state index in [1.807, 2.05) is 18.3 Å². The molecular formula is C29H30N4S. The zero-order valence-electron chi connectivity index (χ0n) is 20.3. The van der Waals surface area contributed by atoms with E-state index in [9.17, 15) is 0 Å². The Morgan fingerprint density at radius 2 is 1.59 bits per heavy atom. The van der Waals surface area contributed by atoms with Crippen molar-refractivity contribution in [2.75, 3.05) is 4.90 Å². The Hall–Kier alpha value is -3.44. The van der Waals surface area contributed by atoms with Crippen molar-refractivity contribution in [1.82, 2.24) is 14.9 Å². The van der Waals surface area contributed by atoms with Gasteiger partial charge < -0.3 is 14.8 Å². The summed E-state index contributed by atoms with van der Waals surface area (Å²) < 4.78 is 2.39. The maximum atomic E-state index is 5.92. The van der Waals surface area contributed by atoms with Gasteiger partial charge in [0.2, 0.25) is 0 Å². The van der Waals surface area contributed by atoms with E-state index in [0.29, 0.717) is 0 Å². The summed E-state index contributed by atoms with van der Waals surface area (Å²) in [5.41, 5.74) is 10.8. The monoisotopic (exact) mass is 466 g/mol. The van der Waals surface area contributed by atoms with Gasteiger partial charge in [-0.2, -0.15) is 0 Å². The van der Waals surface area contributed by atoms with Crippen LogP contribution in [0.3, 0.4) is 0 Å². The van der Waals surface area contributed by atoms with Gasteiger partial charge in [0.1, 0.15) is 0 Å². The summed E-state index contributed by atoms with van der Waals surface area (Å²) in [6.45, 7) is 10.9. The van der Waals surface area contributed by atoms with E-state index >= 15 is 0 Å². The molecule has 3 heterocycles. The number of aryl methyl sites for hydroxylation is 4. The molecule has 0 unspecified atom stereocenters. The molecular weight excluding hydrogens is 436 g/mol. The first-order valence-corrected chi connectivity index (χ1v) is 12.1. The zero-order chi connectivity index (χ0) is 24.0. The van der Waals surface area contributed by atoms with Gasteiger partial charge in [-0.25, -0.2) is 0 Å². The Labute approximate surface area is 207 Å². The van der Waals surface area contributed by atoms with Crippen LogP contribution >= 0.6 is 12.2 Å². The normalized spacial score (nSPS) is 17.8. The van der Waals surface area contributed by atoms with Crippen molar-refractivity contribution in [3.8, 4) is 5.69 Å². The number of hydrogen-bond acceptors (Lipinski definition) is 2. The van der Waals surface area contributed by atoms with Crippen LogP contribution in [0.1, 0.15) is 51.4 Å². The Balaban J connectivity index is 1.72. The molecule has 0 amide bonds. The van der Waals surface area contributed by atoms with Crippen LogP contribution in [0, 0.1) is 34.6 Å². The lowest BCUT2D eigenvalue weighted by atomic mass is 9.96. The van der Waals surface area contributed by atoms with Crippen LogP contribution in [0.15, 0.2) is 72.9 Å². The van der Waals surface area contributed by atoms with Crippen LogP contribution in [-0.2, 0) is 0 Å². The van der Waals surface area contributed by atoms with Crippen molar-refractivity contribution >= 4 is 23.0 Å². The highest BCUT2D eigenvalue weighted by Crippen LogP contribution is 2.44. The Bertz CT molecular complexity index is 1350. The van der Waals surface area contributed by atoms with Gasteiger partial charge in [-0.3, -0.25) is 4.98 Å². The molecule has 1 aliphatic rings. The summed E-state index contributed by atoms with van der Waals surface area (Å²) in [6, 6.07) is 23.4. The van der Waals surface area contributed by atoms with Gasteiger partial charge >= 0.3 is 0 Å². The lowest BCUT2D eigenvalue weighted by Crippen LogP contribution is -2.29. The van der Waals surface area contributed by atoms with Gasteiger partial charge in [0.15, 0.2) is 5.11 Å². The number of para-hydroxylation sites is 1. The van der Waals surface area contributed by atoms with Crippen LogP contribution in [-0.4, -0.2) is 14.7 Å². The smallest absolute Gasteiger partial charge is 0.174 e. The van der Waals surface area contributed by atoms with Gasteiger partial charge in [-0.15, -0.1) is 0 Å². The third kappa shape index (κ3) is 3.70. The molecule has 0 spiro atoms. The summed E-state index contributed by atoms with van der Waals surface area (Å²) in [6.07, 6.45) is 1.85. The lowest BCUT2D eigenvalue weighted by molar-refractivity contribution is 0.565. The van der Waals surface area contributed by atoms with Crippen LogP contribution in [0.25, 0.3) is 5.69 Å². The Morgan fingerprint density at radius 1 is 0.853 bits per heavy atom.